The minimum Gasteiger partial charge on any atom is -0.0651 e. The van der Waals surface area contributed by atoms with Crippen molar-refractivity contribution in [3.63, 3.8) is 0 Å². The molecule has 0 spiro atoms. The van der Waals surface area contributed by atoms with Crippen molar-refractivity contribution in [2.75, 3.05) is 0 Å². The van der Waals surface area contributed by atoms with E-state index in [-0.39, 0.29) is 0 Å². The predicted octanol–water partition coefficient (Wildman–Crippen LogP) is 4.71. The van der Waals surface area contributed by atoms with E-state index in [0.717, 1.165) is 11.8 Å². The summed E-state index contributed by atoms with van der Waals surface area (Å²) in [6.45, 7) is 6.82. The van der Waals surface area contributed by atoms with E-state index in [9.17, 15) is 0 Å². The Kier molecular flexibility index (Phi) is 3.14. The zero-order valence-electron chi connectivity index (χ0n) is 10.2. The average molecular weight is 202 g/mol. The molecule has 1 aromatic rings. The maximum Gasteiger partial charge on any atom is -0.0157 e. The third-order valence-electron chi connectivity index (χ3n) is 3.89. The predicted molar refractivity (Wildman–Crippen MR) is 66.3 cm³/mol. The first-order valence-corrected chi connectivity index (χ1v) is 6.30. The third kappa shape index (κ3) is 2.25. The van der Waals surface area contributed by atoms with E-state index in [1.807, 2.05) is 0 Å². The van der Waals surface area contributed by atoms with Crippen molar-refractivity contribution in [2.45, 2.75) is 51.9 Å². The summed E-state index contributed by atoms with van der Waals surface area (Å²) >= 11 is 0. The van der Waals surface area contributed by atoms with Crippen LogP contribution in [0.5, 0.6) is 0 Å². The van der Waals surface area contributed by atoms with Crippen molar-refractivity contribution in [3.05, 3.63) is 35.4 Å². The van der Waals surface area contributed by atoms with Crippen molar-refractivity contribution >= 4 is 0 Å². The lowest BCUT2D eigenvalue weighted by atomic mass is 9.70. The van der Waals surface area contributed by atoms with Gasteiger partial charge in [0.05, 0.1) is 0 Å². The first kappa shape index (κ1) is 10.7. The van der Waals surface area contributed by atoms with Crippen LogP contribution in [-0.4, -0.2) is 0 Å². The molecule has 1 fully saturated rings. The lowest BCUT2D eigenvalue weighted by Gasteiger charge is -2.35. The van der Waals surface area contributed by atoms with Crippen LogP contribution in [0.15, 0.2) is 24.3 Å². The molecule has 0 nitrogen and oxygen atoms in total. The van der Waals surface area contributed by atoms with Crippen molar-refractivity contribution in [3.8, 4) is 0 Å². The van der Waals surface area contributed by atoms with Gasteiger partial charge in [0.2, 0.25) is 0 Å². The minimum atomic E-state index is 0.656. The zero-order valence-corrected chi connectivity index (χ0v) is 10.2. The summed E-state index contributed by atoms with van der Waals surface area (Å²) in [4.78, 5) is 0. The van der Waals surface area contributed by atoms with Gasteiger partial charge in [-0.15, -0.1) is 0 Å². The van der Waals surface area contributed by atoms with Gasteiger partial charge in [-0.1, -0.05) is 51.5 Å². The molecule has 0 amide bonds. The largest absolute Gasteiger partial charge is 0.0651 e. The molecule has 0 aliphatic heterocycles. The summed E-state index contributed by atoms with van der Waals surface area (Å²) in [5, 5.41) is 0. The summed E-state index contributed by atoms with van der Waals surface area (Å²) in [7, 11) is 0. The van der Waals surface area contributed by atoms with Crippen molar-refractivity contribution in [1.82, 2.24) is 0 Å². The lowest BCUT2D eigenvalue weighted by molar-refractivity contribution is 0.256. The first-order valence-electron chi connectivity index (χ1n) is 6.30. The fraction of sp³-hybridized carbons (Fsp3) is 0.600. The van der Waals surface area contributed by atoms with E-state index < -0.39 is 0 Å². The molecule has 1 aliphatic carbocycles. The van der Waals surface area contributed by atoms with E-state index in [0.29, 0.717) is 5.92 Å². The van der Waals surface area contributed by atoms with Gasteiger partial charge >= 0.3 is 0 Å². The van der Waals surface area contributed by atoms with E-state index in [1.54, 1.807) is 5.56 Å². The number of hydrogen-bond donors (Lipinski definition) is 0. The number of rotatable bonds is 3. The van der Waals surface area contributed by atoms with Crippen molar-refractivity contribution in [2.24, 2.45) is 5.92 Å². The summed E-state index contributed by atoms with van der Waals surface area (Å²) in [5.41, 5.74) is 3.02. The highest BCUT2D eigenvalue weighted by Gasteiger charge is 2.28. The highest BCUT2D eigenvalue weighted by Crippen LogP contribution is 2.43. The summed E-state index contributed by atoms with van der Waals surface area (Å²) in [6.07, 6.45) is 4.19. The SMILES string of the molecule is CCC1CC(c2ccc(C(C)C)cc2)C1. The Balaban J connectivity index is 1.99. The van der Waals surface area contributed by atoms with Crippen LogP contribution in [0.4, 0.5) is 0 Å². The molecule has 0 saturated heterocycles. The average Bonchev–Trinajstić information content (AvgIpc) is 2.17. The monoisotopic (exact) mass is 202 g/mol. The topological polar surface area (TPSA) is 0 Å². The second kappa shape index (κ2) is 4.38. The Labute approximate surface area is 93.7 Å². The normalized spacial score (nSPS) is 25.3. The molecule has 0 heteroatoms. The molecule has 0 aromatic heterocycles. The van der Waals surface area contributed by atoms with Gasteiger partial charge in [-0.05, 0) is 41.7 Å². The van der Waals surface area contributed by atoms with Crippen LogP contribution >= 0.6 is 0 Å². The van der Waals surface area contributed by atoms with Gasteiger partial charge in [0, 0.05) is 0 Å². The van der Waals surface area contributed by atoms with E-state index in [2.05, 4.69) is 45.0 Å². The molecular formula is C15H22. The molecule has 0 bridgehead atoms. The Bertz CT molecular complexity index is 301. The van der Waals surface area contributed by atoms with Crippen LogP contribution in [-0.2, 0) is 0 Å². The van der Waals surface area contributed by atoms with Gasteiger partial charge in [0.1, 0.15) is 0 Å². The maximum atomic E-state index is 2.34. The van der Waals surface area contributed by atoms with E-state index in [4.69, 9.17) is 0 Å². The Morgan fingerprint density at radius 3 is 2.20 bits per heavy atom. The molecule has 0 heterocycles. The highest BCUT2D eigenvalue weighted by atomic mass is 14.3. The second-order valence-electron chi connectivity index (χ2n) is 5.26. The fourth-order valence-corrected chi connectivity index (χ4v) is 2.49. The van der Waals surface area contributed by atoms with Gasteiger partial charge in [0.25, 0.3) is 0 Å². The molecule has 0 radical (unpaired) electrons. The highest BCUT2D eigenvalue weighted by molar-refractivity contribution is 5.28. The molecule has 0 N–H and O–H groups in total. The first-order chi connectivity index (χ1) is 7.20. The van der Waals surface area contributed by atoms with Gasteiger partial charge in [0.15, 0.2) is 0 Å². The van der Waals surface area contributed by atoms with Crippen molar-refractivity contribution < 1.29 is 0 Å². The molecule has 15 heavy (non-hydrogen) atoms. The van der Waals surface area contributed by atoms with Crippen LogP contribution in [0.25, 0.3) is 0 Å². The Morgan fingerprint density at radius 1 is 1.13 bits per heavy atom. The molecule has 82 valence electrons. The zero-order chi connectivity index (χ0) is 10.8. The summed E-state index contributed by atoms with van der Waals surface area (Å²) in [5.74, 6) is 2.51. The van der Waals surface area contributed by atoms with Gasteiger partial charge in [-0.25, -0.2) is 0 Å². The number of benzene rings is 1. The van der Waals surface area contributed by atoms with Gasteiger partial charge in [-0.2, -0.15) is 0 Å². The van der Waals surface area contributed by atoms with E-state index >= 15 is 0 Å². The van der Waals surface area contributed by atoms with Crippen LogP contribution < -0.4 is 0 Å². The smallest absolute Gasteiger partial charge is 0.0157 e. The van der Waals surface area contributed by atoms with Gasteiger partial charge in [-0.3, -0.25) is 0 Å². The quantitative estimate of drug-likeness (QED) is 0.665. The third-order valence-corrected chi connectivity index (χ3v) is 3.89. The van der Waals surface area contributed by atoms with E-state index in [1.165, 1.54) is 24.8 Å². The fourth-order valence-electron chi connectivity index (χ4n) is 2.49. The minimum absolute atomic E-state index is 0.656. The lowest BCUT2D eigenvalue weighted by Crippen LogP contribution is -2.20. The van der Waals surface area contributed by atoms with Crippen LogP contribution in [0, 0.1) is 5.92 Å². The number of hydrogen-bond acceptors (Lipinski definition) is 0. The van der Waals surface area contributed by atoms with Crippen molar-refractivity contribution in [1.29, 1.82) is 0 Å². The van der Waals surface area contributed by atoms with Crippen LogP contribution in [0.3, 0.4) is 0 Å². The molecule has 1 saturated carbocycles. The van der Waals surface area contributed by atoms with Crippen LogP contribution in [0.1, 0.15) is 63.0 Å². The Morgan fingerprint density at radius 2 is 1.73 bits per heavy atom. The second-order valence-corrected chi connectivity index (χ2v) is 5.26. The standard InChI is InChI=1S/C15H22/c1-4-12-9-15(10-12)14-7-5-13(6-8-14)11(2)3/h5-8,11-12,15H,4,9-10H2,1-3H3. The molecule has 1 aromatic carbocycles. The maximum absolute atomic E-state index is 2.34. The molecular weight excluding hydrogens is 180 g/mol. The molecule has 2 rings (SSSR count). The molecule has 0 atom stereocenters. The van der Waals surface area contributed by atoms with Crippen LogP contribution in [0.2, 0.25) is 0 Å². The Hall–Kier alpha value is -0.780. The van der Waals surface area contributed by atoms with Gasteiger partial charge < -0.3 is 0 Å². The molecule has 1 aliphatic rings. The summed E-state index contributed by atoms with van der Waals surface area (Å²) < 4.78 is 0. The summed E-state index contributed by atoms with van der Waals surface area (Å²) in [6, 6.07) is 9.29. The molecule has 0 unspecified atom stereocenters.